The quantitative estimate of drug-likeness (QED) is 0.766. The first-order valence-corrected chi connectivity index (χ1v) is 6.29. The van der Waals surface area contributed by atoms with Crippen molar-refractivity contribution in [3.8, 4) is 0 Å². The molecule has 3 rings (SSSR count). The zero-order valence-corrected chi connectivity index (χ0v) is 11.0. The van der Waals surface area contributed by atoms with Gasteiger partial charge in [-0.15, -0.1) is 0 Å². The number of oxazole rings is 1. The van der Waals surface area contributed by atoms with Crippen LogP contribution in [-0.2, 0) is 10.2 Å². The molecule has 5 nitrogen and oxygen atoms in total. The molecular weight excluding hydrogens is 232 g/mol. The maximum atomic E-state index is 12.0. The zero-order valence-electron chi connectivity index (χ0n) is 11.0. The van der Waals surface area contributed by atoms with Gasteiger partial charge < -0.3 is 14.1 Å². The van der Waals surface area contributed by atoms with E-state index in [2.05, 4.69) is 4.98 Å². The lowest BCUT2D eigenvalue weighted by atomic mass is 10.1. The predicted molar refractivity (Wildman–Crippen MR) is 64.1 cm³/mol. The van der Waals surface area contributed by atoms with Crippen molar-refractivity contribution in [1.82, 2.24) is 9.88 Å². The van der Waals surface area contributed by atoms with Gasteiger partial charge in [0.2, 0.25) is 5.89 Å². The third kappa shape index (κ3) is 1.78. The van der Waals surface area contributed by atoms with Crippen LogP contribution >= 0.6 is 0 Å². The highest BCUT2D eigenvalue weighted by Gasteiger charge is 2.65. The summed E-state index contributed by atoms with van der Waals surface area (Å²) in [6.07, 6.45) is 4.08. The molecule has 98 valence electrons. The zero-order chi connectivity index (χ0) is 13.0. The van der Waals surface area contributed by atoms with E-state index >= 15 is 0 Å². The van der Waals surface area contributed by atoms with Gasteiger partial charge in [0.1, 0.15) is 11.9 Å². The summed E-state index contributed by atoms with van der Waals surface area (Å²) in [4.78, 5) is 18.0. The molecule has 2 fully saturated rings. The van der Waals surface area contributed by atoms with Gasteiger partial charge in [0.25, 0.3) is 0 Å². The van der Waals surface area contributed by atoms with Crippen LogP contribution in [0.4, 0.5) is 4.79 Å². The molecule has 1 aromatic rings. The number of amides is 1. The number of likely N-dealkylation sites (tertiary alicyclic amines) is 1. The number of fused-ring (bicyclic) bond motifs is 1. The van der Waals surface area contributed by atoms with E-state index in [-0.39, 0.29) is 11.5 Å². The van der Waals surface area contributed by atoms with Gasteiger partial charge in [0, 0.05) is 13.1 Å². The van der Waals surface area contributed by atoms with Crippen LogP contribution in [0, 0.1) is 5.92 Å². The Morgan fingerprint density at radius 2 is 2.39 bits per heavy atom. The first-order chi connectivity index (χ1) is 8.41. The highest BCUT2D eigenvalue weighted by Crippen LogP contribution is 2.58. The second-order valence-corrected chi connectivity index (χ2v) is 6.26. The van der Waals surface area contributed by atoms with Crippen LogP contribution in [0.15, 0.2) is 16.9 Å². The minimum Gasteiger partial charge on any atom is -0.448 e. The Morgan fingerprint density at radius 1 is 1.61 bits per heavy atom. The van der Waals surface area contributed by atoms with Gasteiger partial charge in [-0.25, -0.2) is 9.78 Å². The van der Waals surface area contributed by atoms with Crippen LogP contribution in [-0.4, -0.2) is 34.7 Å². The molecule has 1 amide bonds. The Bertz CT molecular complexity index is 463. The van der Waals surface area contributed by atoms with Crippen LogP contribution < -0.4 is 0 Å². The normalized spacial score (nSPS) is 30.2. The van der Waals surface area contributed by atoms with Gasteiger partial charge in [-0.2, -0.15) is 0 Å². The summed E-state index contributed by atoms with van der Waals surface area (Å²) in [5.74, 6) is 1.24. The molecular formula is C13H18N2O3. The molecule has 2 aliphatic rings. The van der Waals surface area contributed by atoms with Gasteiger partial charge >= 0.3 is 6.09 Å². The number of aromatic nitrogens is 1. The van der Waals surface area contributed by atoms with Gasteiger partial charge in [0.05, 0.1) is 11.6 Å². The minimum absolute atomic E-state index is 0.0413. The van der Waals surface area contributed by atoms with E-state index in [0.717, 1.165) is 18.9 Å². The van der Waals surface area contributed by atoms with E-state index in [9.17, 15) is 4.79 Å². The highest BCUT2D eigenvalue weighted by molar-refractivity contribution is 5.69. The van der Waals surface area contributed by atoms with Crippen molar-refractivity contribution in [2.24, 2.45) is 5.92 Å². The molecule has 0 aromatic carbocycles. The Hall–Kier alpha value is -1.52. The van der Waals surface area contributed by atoms with Crippen molar-refractivity contribution in [3.05, 3.63) is 18.4 Å². The third-order valence-electron chi connectivity index (χ3n) is 3.66. The summed E-state index contributed by atoms with van der Waals surface area (Å²) in [5.41, 5.74) is -0.486. The molecule has 0 N–H and O–H groups in total. The predicted octanol–water partition coefficient (Wildman–Crippen LogP) is 2.18. The van der Waals surface area contributed by atoms with E-state index < -0.39 is 5.60 Å². The summed E-state index contributed by atoms with van der Waals surface area (Å²) in [7, 11) is 0. The number of carbonyl (C=O) groups excluding carboxylic acids is 1. The van der Waals surface area contributed by atoms with Crippen molar-refractivity contribution in [1.29, 1.82) is 0 Å². The van der Waals surface area contributed by atoms with Crippen molar-refractivity contribution >= 4 is 6.09 Å². The summed E-state index contributed by atoms with van der Waals surface area (Å²) in [6, 6.07) is 0. The number of hydrogen-bond donors (Lipinski definition) is 0. The summed E-state index contributed by atoms with van der Waals surface area (Å²) >= 11 is 0. The van der Waals surface area contributed by atoms with Crippen molar-refractivity contribution < 1.29 is 13.9 Å². The monoisotopic (exact) mass is 250 g/mol. The second kappa shape index (κ2) is 3.49. The highest BCUT2D eigenvalue weighted by atomic mass is 16.6. The molecule has 0 bridgehead atoms. The van der Waals surface area contributed by atoms with Gasteiger partial charge in [-0.1, -0.05) is 0 Å². The Morgan fingerprint density at radius 3 is 3.00 bits per heavy atom. The Labute approximate surface area is 106 Å². The van der Waals surface area contributed by atoms with Crippen LogP contribution in [0.5, 0.6) is 0 Å². The number of rotatable bonds is 1. The Balaban J connectivity index is 1.69. The third-order valence-corrected chi connectivity index (χ3v) is 3.66. The minimum atomic E-state index is -0.444. The van der Waals surface area contributed by atoms with E-state index in [1.807, 2.05) is 20.8 Å². The first-order valence-electron chi connectivity index (χ1n) is 6.29. The summed E-state index contributed by atoms with van der Waals surface area (Å²) in [5, 5.41) is 0. The maximum absolute atomic E-state index is 12.0. The van der Waals surface area contributed by atoms with Gasteiger partial charge in [-0.3, -0.25) is 0 Å². The lowest BCUT2D eigenvalue weighted by Crippen LogP contribution is -2.37. The van der Waals surface area contributed by atoms with E-state index in [4.69, 9.17) is 9.15 Å². The van der Waals surface area contributed by atoms with E-state index in [0.29, 0.717) is 12.5 Å². The first kappa shape index (κ1) is 11.6. The molecule has 5 heteroatoms. The van der Waals surface area contributed by atoms with Gasteiger partial charge in [-0.05, 0) is 33.1 Å². The second-order valence-electron chi connectivity index (χ2n) is 6.26. The van der Waals surface area contributed by atoms with Crippen molar-refractivity contribution in [3.63, 3.8) is 0 Å². The number of piperidine rings is 1. The molecule has 1 aromatic heterocycles. The topological polar surface area (TPSA) is 55.6 Å². The van der Waals surface area contributed by atoms with E-state index in [1.54, 1.807) is 17.4 Å². The molecule has 18 heavy (non-hydrogen) atoms. The van der Waals surface area contributed by atoms with Crippen LogP contribution in [0.1, 0.15) is 33.1 Å². The molecule has 2 atom stereocenters. The fraction of sp³-hybridized carbons (Fsp3) is 0.692. The number of ether oxygens (including phenoxy) is 1. The fourth-order valence-electron chi connectivity index (χ4n) is 2.75. The average molecular weight is 250 g/mol. The van der Waals surface area contributed by atoms with E-state index in [1.165, 1.54) is 0 Å². The number of nitrogens with zero attached hydrogens (tertiary/aromatic N) is 2. The number of hydrogen-bond acceptors (Lipinski definition) is 4. The average Bonchev–Trinajstić information content (AvgIpc) is 2.72. The smallest absolute Gasteiger partial charge is 0.410 e. The Kier molecular flexibility index (Phi) is 2.24. The molecule has 0 radical (unpaired) electrons. The lowest BCUT2D eigenvalue weighted by molar-refractivity contribution is 0.0268. The molecule has 1 saturated carbocycles. The fourth-order valence-corrected chi connectivity index (χ4v) is 2.75. The van der Waals surface area contributed by atoms with Crippen LogP contribution in [0.25, 0.3) is 0 Å². The lowest BCUT2D eigenvalue weighted by Gasteiger charge is -2.25. The molecule has 2 heterocycles. The molecule has 1 saturated heterocycles. The summed E-state index contributed by atoms with van der Waals surface area (Å²) in [6.45, 7) is 7.05. The molecule has 1 aliphatic heterocycles. The largest absolute Gasteiger partial charge is 0.448 e. The van der Waals surface area contributed by atoms with Crippen LogP contribution in [0.2, 0.25) is 0 Å². The molecule has 1 aliphatic carbocycles. The summed E-state index contributed by atoms with van der Waals surface area (Å²) < 4.78 is 10.8. The van der Waals surface area contributed by atoms with Crippen LogP contribution in [0.3, 0.4) is 0 Å². The van der Waals surface area contributed by atoms with Crippen molar-refractivity contribution in [2.45, 2.75) is 38.2 Å². The van der Waals surface area contributed by atoms with Crippen molar-refractivity contribution in [2.75, 3.05) is 13.1 Å². The molecule has 0 spiro atoms. The maximum Gasteiger partial charge on any atom is 0.410 e. The number of carbonyl (C=O) groups is 1. The SMILES string of the molecule is CC(C)(C)OC(=O)N1CC2CC2(c2ncco2)C1. The molecule has 2 unspecified atom stereocenters. The standard InChI is InChI=1S/C13H18N2O3/c1-12(2,3)18-11(16)15-7-9-6-13(9,8-15)10-14-4-5-17-10/h4-5,9H,6-8H2,1-3H3. The van der Waals surface area contributed by atoms with Gasteiger partial charge in [0.15, 0.2) is 0 Å².